The third kappa shape index (κ3) is 6.01. The van der Waals surface area contributed by atoms with Gasteiger partial charge in [0.25, 0.3) is 0 Å². The first-order valence-electron chi connectivity index (χ1n) is 11.1. The van der Waals surface area contributed by atoms with E-state index >= 15 is 0 Å². The summed E-state index contributed by atoms with van der Waals surface area (Å²) in [5, 5.41) is 4.56. The number of fused-ring (bicyclic) bond motifs is 1. The van der Waals surface area contributed by atoms with Crippen molar-refractivity contribution in [3.63, 3.8) is 0 Å². The van der Waals surface area contributed by atoms with E-state index in [1.165, 1.54) is 11.2 Å². The van der Waals surface area contributed by atoms with Crippen LogP contribution in [0.3, 0.4) is 0 Å². The fourth-order valence-corrected chi connectivity index (χ4v) is 3.56. The number of amides is 2. The van der Waals surface area contributed by atoms with Crippen LogP contribution < -0.4 is 10.1 Å². The molecule has 1 N–H and O–H groups in total. The van der Waals surface area contributed by atoms with Gasteiger partial charge in [0, 0.05) is 43.5 Å². The molecule has 0 bridgehead atoms. The number of aryl methyl sites for hydroxylation is 1. The molecule has 2 aromatic heterocycles. The molecule has 0 saturated heterocycles. The number of carbonyl (C=O) groups is 1. The number of aromatic nitrogens is 3. The number of rotatable bonds is 5. The molecule has 0 fully saturated rings. The molecule has 2 heterocycles. The van der Waals surface area contributed by atoms with Crippen molar-refractivity contribution in [2.75, 3.05) is 33.0 Å². The van der Waals surface area contributed by atoms with Gasteiger partial charge in [-0.05, 0) is 55.5 Å². The summed E-state index contributed by atoms with van der Waals surface area (Å²) in [6.45, 7) is 2.23. The summed E-state index contributed by atoms with van der Waals surface area (Å²) in [5.41, 5.74) is 3.22. The highest BCUT2D eigenvalue weighted by Crippen LogP contribution is 2.33. The zero-order chi connectivity index (χ0) is 25.7. The molecule has 0 aliphatic carbocycles. The van der Waals surface area contributed by atoms with E-state index in [-0.39, 0.29) is 6.03 Å². The van der Waals surface area contributed by atoms with E-state index in [1.54, 1.807) is 44.4 Å². The van der Waals surface area contributed by atoms with E-state index in [2.05, 4.69) is 32.1 Å². The number of hydrogen-bond donors (Lipinski definition) is 1. The van der Waals surface area contributed by atoms with Crippen LogP contribution in [-0.2, 0) is 0 Å². The lowest BCUT2D eigenvalue weighted by atomic mass is 10.1. The van der Waals surface area contributed by atoms with Gasteiger partial charge in [-0.15, -0.1) is 0 Å². The molecule has 2 amide bonds. The number of hydrogen-bond acceptors (Lipinski definition) is 6. The largest absolute Gasteiger partial charge is 0.454 e. The minimum absolute atomic E-state index is 0.103. The van der Waals surface area contributed by atoms with Crippen molar-refractivity contribution in [2.24, 2.45) is 0 Å². The van der Waals surface area contributed by atoms with Crippen molar-refractivity contribution in [2.45, 2.75) is 6.92 Å². The molecule has 0 saturated carbocycles. The monoisotopic (exact) mass is 500 g/mol. The van der Waals surface area contributed by atoms with Crippen LogP contribution in [0.2, 0.25) is 5.02 Å². The van der Waals surface area contributed by atoms with Crippen LogP contribution in [-0.4, -0.2) is 58.5 Å². The third-order valence-electron chi connectivity index (χ3n) is 5.20. The van der Waals surface area contributed by atoms with Gasteiger partial charge in [-0.3, -0.25) is 4.98 Å². The quantitative estimate of drug-likeness (QED) is 0.365. The summed E-state index contributed by atoms with van der Waals surface area (Å²) in [5.74, 6) is 7.90. The second-order valence-corrected chi connectivity index (χ2v) is 8.70. The average Bonchev–Trinajstić information content (AvgIpc) is 2.86. The Morgan fingerprint density at radius 3 is 2.61 bits per heavy atom. The maximum Gasteiger partial charge on any atom is 0.320 e. The molecule has 0 radical (unpaired) electrons. The zero-order valence-corrected chi connectivity index (χ0v) is 21.2. The fraction of sp³-hybridized carbons (Fsp3) is 0.185. The Morgan fingerprint density at radius 1 is 1.06 bits per heavy atom. The average molecular weight is 501 g/mol. The second kappa shape index (κ2) is 10.9. The summed E-state index contributed by atoms with van der Waals surface area (Å²) in [6.07, 6.45) is 3.16. The molecule has 36 heavy (non-hydrogen) atoms. The van der Waals surface area contributed by atoms with E-state index in [9.17, 15) is 4.79 Å². The number of urea groups is 1. The molecule has 0 atom stereocenters. The van der Waals surface area contributed by atoms with Crippen LogP contribution in [0.25, 0.3) is 10.9 Å². The summed E-state index contributed by atoms with van der Waals surface area (Å²) in [6, 6.07) is 14.7. The lowest BCUT2D eigenvalue weighted by molar-refractivity contribution is 0.187. The van der Waals surface area contributed by atoms with Crippen LogP contribution >= 0.6 is 11.6 Å². The smallest absolute Gasteiger partial charge is 0.320 e. The Bertz CT molecular complexity index is 1460. The molecule has 8 nitrogen and oxygen atoms in total. The van der Waals surface area contributed by atoms with Gasteiger partial charge in [-0.2, -0.15) is 0 Å². The van der Waals surface area contributed by atoms with Gasteiger partial charge in [0.15, 0.2) is 0 Å². The number of benzene rings is 2. The van der Waals surface area contributed by atoms with Crippen LogP contribution in [0, 0.1) is 18.8 Å². The van der Waals surface area contributed by atoms with Gasteiger partial charge >= 0.3 is 6.03 Å². The Balaban J connectivity index is 1.53. The minimum atomic E-state index is -0.103. The Morgan fingerprint density at radius 2 is 1.89 bits per heavy atom. The van der Waals surface area contributed by atoms with Gasteiger partial charge in [0.2, 0.25) is 0 Å². The molecule has 0 spiro atoms. The molecule has 0 unspecified atom stereocenters. The lowest BCUT2D eigenvalue weighted by Crippen LogP contribution is -2.36. The molecular formula is C27H25ClN6O2. The Hall–Kier alpha value is -4.35. The van der Waals surface area contributed by atoms with E-state index in [0.29, 0.717) is 28.9 Å². The number of halogens is 1. The van der Waals surface area contributed by atoms with Crippen molar-refractivity contribution >= 4 is 40.0 Å². The second-order valence-electron chi connectivity index (χ2n) is 8.30. The molecule has 0 aliphatic heterocycles. The van der Waals surface area contributed by atoms with Gasteiger partial charge in [-0.25, -0.2) is 14.8 Å². The Labute approximate surface area is 214 Å². The summed E-state index contributed by atoms with van der Waals surface area (Å²) >= 11 is 6.48. The molecule has 2 aromatic carbocycles. The van der Waals surface area contributed by atoms with E-state index < -0.39 is 0 Å². The molecule has 4 aromatic rings. The van der Waals surface area contributed by atoms with Gasteiger partial charge in [0.1, 0.15) is 23.6 Å². The third-order valence-corrected chi connectivity index (χ3v) is 5.50. The molecule has 4 rings (SSSR count). The van der Waals surface area contributed by atoms with Crippen molar-refractivity contribution in [3.05, 3.63) is 77.3 Å². The van der Waals surface area contributed by atoms with Crippen LogP contribution in [0.5, 0.6) is 11.5 Å². The Kier molecular flexibility index (Phi) is 7.52. The van der Waals surface area contributed by atoms with Gasteiger partial charge in [-0.1, -0.05) is 23.4 Å². The van der Waals surface area contributed by atoms with Crippen molar-refractivity contribution < 1.29 is 9.53 Å². The van der Waals surface area contributed by atoms with E-state index in [0.717, 1.165) is 27.8 Å². The first kappa shape index (κ1) is 24.8. The topological polar surface area (TPSA) is 83.5 Å². The van der Waals surface area contributed by atoms with Gasteiger partial charge in [0.05, 0.1) is 23.3 Å². The highest BCUT2D eigenvalue weighted by atomic mass is 35.5. The number of nitrogens with zero attached hydrogens (tertiary/aromatic N) is 5. The van der Waals surface area contributed by atoms with E-state index in [4.69, 9.17) is 16.3 Å². The van der Waals surface area contributed by atoms with Gasteiger partial charge < -0.3 is 19.9 Å². The molecule has 9 heteroatoms. The molecule has 0 aliphatic rings. The number of anilines is 2. The predicted octanol–water partition coefficient (Wildman–Crippen LogP) is 5.49. The molecular weight excluding hydrogens is 476 g/mol. The minimum Gasteiger partial charge on any atom is -0.454 e. The standard InChI is InChI=1S/C27H25ClN6O2/c1-18-7-10-21(16-29-18)36-25-12-9-20(15-23(25)28)32-26-22-14-19(8-11-24(22)30-17-31-26)6-5-13-34(4)27(35)33(2)3/h7-12,14-17H,13H2,1-4H3,(H,30,31,32). The number of carbonyl (C=O) groups excluding carboxylic acids is 1. The molecule has 182 valence electrons. The highest BCUT2D eigenvalue weighted by molar-refractivity contribution is 6.32. The maximum absolute atomic E-state index is 12.0. The van der Waals surface area contributed by atoms with Crippen molar-refractivity contribution in [1.29, 1.82) is 0 Å². The van der Waals surface area contributed by atoms with Crippen LogP contribution in [0.1, 0.15) is 11.3 Å². The summed E-state index contributed by atoms with van der Waals surface area (Å²) in [7, 11) is 5.13. The lowest BCUT2D eigenvalue weighted by Gasteiger charge is -2.19. The van der Waals surface area contributed by atoms with Crippen molar-refractivity contribution in [3.8, 4) is 23.3 Å². The number of ether oxygens (including phenoxy) is 1. The van der Waals surface area contributed by atoms with Crippen molar-refractivity contribution in [1.82, 2.24) is 24.8 Å². The zero-order valence-electron chi connectivity index (χ0n) is 20.4. The SMILES string of the molecule is Cc1ccc(Oc2ccc(Nc3ncnc4ccc(C#CCN(C)C(=O)N(C)C)cc34)cc2Cl)cn1. The first-order chi connectivity index (χ1) is 17.3. The number of pyridine rings is 1. The highest BCUT2D eigenvalue weighted by Gasteiger charge is 2.10. The predicted molar refractivity (Wildman–Crippen MR) is 142 cm³/mol. The first-order valence-corrected chi connectivity index (χ1v) is 11.5. The van der Waals surface area contributed by atoms with Crippen LogP contribution in [0.15, 0.2) is 61.1 Å². The maximum atomic E-state index is 12.0. The van der Waals surface area contributed by atoms with E-state index in [1.807, 2.05) is 43.3 Å². The summed E-state index contributed by atoms with van der Waals surface area (Å²) in [4.78, 5) is 28.0. The fourth-order valence-electron chi connectivity index (χ4n) is 3.34. The summed E-state index contributed by atoms with van der Waals surface area (Å²) < 4.78 is 5.85. The number of nitrogens with one attached hydrogen (secondary N) is 1. The normalized spacial score (nSPS) is 10.4. The van der Waals surface area contributed by atoms with Crippen LogP contribution in [0.4, 0.5) is 16.3 Å².